The lowest BCUT2D eigenvalue weighted by Gasteiger charge is -2.27. The van der Waals surface area contributed by atoms with Gasteiger partial charge in [0.2, 0.25) is 5.91 Å². The largest absolute Gasteiger partial charge is 0.464 e. The van der Waals surface area contributed by atoms with Crippen molar-refractivity contribution in [2.24, 2.45) is 0 Å². The van der Waals surface area contributed by atoms with Gasteiger partial charge in [0.15, 0.2) is 0 Å². The highest BCUT2D eigenvalue weighted by molar-refractivity contribution is 7.20. The Morgan fingerprint density at radius 1 is 1.32 bits per heavy atom. The first-order chi connectivity index (χ1) is 15.1. The summed E-state index contributed by atoms with van der Waals surface area (Å²) in [4.78, 5) is 20.6. The lowest BCUT2D eigenvalue weighted by molar-refractivity contribution is -0.129. The smallest absolute Gasteiger partial charge is 0.279 e. The number of carbonyl (C=O) groups excluding carboxylic acids is 1. The molecular formula is C24H25N3O3S. The van der Waals surface area contributed by atoms with Gasteiger partial charge in [-0.1, -0.05) is 23.5 Å². The molecule has 5 rings (SSSR count). The molecule has 1 amide bonds. The number of furan rings is 1. The van der Waals surface area contributed by atoms with Gasteiger partial charge in [-0.15, -0.1) is 0 Å². The van der Waals surface area contributed by atoms with Crippen molar-refractivity contribution in [3.05, 3.63) is 54.3 Å². The van der Waals surface area contributed by atoms with Gasteiger partial charge in [-0.05, 0) is 44.2 Å². The van der Waals surface area contributed by atoms with E-state index in [0.29, 0.717) is 17.0 Å². The molecule has 1 aliphatic rings. The highest BCUT2D eigenvalue weighted by atomic mass is 32.1. The molecule has 160 valence electrons. The first kappa shape index (κ1) is 20.0. The minimum atomic E-state index is 0.172. The van der Waals surface area contributed by atoms with E-state index in [1.54, 1.807) is 6.92 Å². The number of likely N-dealkylation sites (tertiary alicyclic amines) is 1. The molecule has 1 unspecified atom stereocenters. The second-order valence-electron chi connectivity index (χ2n) is 8.17. The molecule has 1 aliphatic heterocycles. The SMILES string of the molecule is CC(=O)N1CCCC1CN(C)Cc1coc2cc(Oc3nc4ccccc4s3)ccc12. The lowest BCUT2D eigenvalue weighted by Crippen LogP contribution is -2.40. The van der Waals surface area contributed by atoms with Crippen LogP contribution in [0, 0.1) is 0 Å². The number of para-hydroxylation sites is 1. The fourth-order valence-corrected chi connectivity index (χ4v) is 5.24. The van der Waals surface area contributed by atoms with Crippen LogP contribution in [0.3, 0.4) is 0 Å². The molecule has 0 N–H and O–H groups in total. The van der Waals surface area contributed by atoms with Gasteiger partial charge in [0.05, 0.1) is 16.5 Å². The molecule has 2 aromatic heterocycles. The number of likely N-dealkylation sites (N-methyl/N-ethyl adjacent to an activating group) is 1. The number of fused-ring (bicyclic) bond motifs is 2. The van der Waals surface area contributed by atoms with Crippen LogP contribution in [0.25, 0.3) is 21.2 Å². The normalized spacial score (nSPS) is 16.6. The van der Waals surface area contributed by atoms with Gasteiger partial charge < -0.3 is 14.1 Å². The average molecular weight is 436 g/mol. The Morgan fingerprint density at radius 2 is 2.19 bits per heavy atom. The van der Waals surface area contributed by atoms with E-state index in [0.717, 1.165) is 59.2 Å². The summed E-state index contributed by atoms with van der Waals surface area (Å²) < 4.78 is 12.9. The van der Waals surface area contributed by atoms with Crippen molar-refractivity contribution < 1.29 is 13.9 Å². The maximum absolute atomic E-state index is 11.8. The van der Waals surface area contributed by atoms with Crippen molar-refractivity contribution in [1.29, 1.82) is 0 Å². The molecule has 31 heavy (non-hydrogen) atoms. The van der Waals surface area contributed by atoms with E-state index in [4.69, 9.17) is 9.15 Å². The topological polar surface area (TPSA) is 58.8 Å². The van der Waals surface area contributed by atoms with E-state index in [1.165, 1.54) is 11.3 Å². The summed E-state index contributed by atoms with van der Waals surface area (Å²) in [6, 6.07) is 14.2. The molecule has 6 nitrogen and oxygen atoms in total. The first-order valence-corrected chi connectivity index (χ1v) is 11.4. The third-order valence-electron chi connectivity index (χ3n) is 5.85. The average Bonchev–Trinajstić information content (AvgIpc) is 3.46. The second-order valence-corrected chi connectivity index (χ2v) is 9.17. The number of hydrogen-bond donors (Lipinski definition) is 0. The van der Waals surface area contributed by atoms with Gasteiger partial charge in [-0.2, -0.15) is 0 Å². The Morgan fingerprint density at radius 3 is 3.03 bits per heavy atom. The van der Waals surface area contributed by atoms with Crippen LogP contribution in [0.2, 0.25) is 0 Å². The molecule has 1 atom stereocenters. The minimum absolute atomic E-state index is 0.172. The van der Waals surface area contributed by atoms with Crippen LogP contribution in [0.4, 0.5) is 0 Å². The zero-order valence-electron chi connectivity index (χ0n) is 17.7. The van der Waals surface area contributed by atoms with Gasteiger partial charge in [0.25, 0.3) is 5.19 Å². The molecule has 0 spiro atoms. The van der Waals surface area contributed by atoms with Crippen LogP contribution in [0.1, 0.15) is 25.3 Å². The van der Waals surface area contributed by atoms with Crippen LogP contribution in [-0.4, -0.2) is 46.9 Å². The molecule has 2 aromatic carbocycles. The van der Waals surface area contributed by atoms with E-state index in [2.05, 4.69) is 16.9 Å². The maximum Gasteiger partial charge on any atom is 0.279 e. The van der Waals surface area contributed by atoms with Crippen molar-refractivity contribution in [1.82, 2.24) is 14.8 Å². The zero-order valence-corrected chi connectivity index (χ0v) is 18.5. The van der Waals surface area contributed by atoms with E-state index in [9.17, 15) is 4.79 Å². The van der Waals surface area contributed by atoms with Crippen LogP contribution in [-0.2, 0) is 11.3 Å². The van der Waals surface area contributed by atoms with Gasteiger partial charge in [-0.25, -0.2) is 4.98 Å². The maximum atomic E-state index is 11.8. The molecule has 4 aromatic rings. The summed E-state index contributed by atoms with van der Waals surface area (Å²) in [5.41, 5.74) is 2.88. The third kappa shape index (κ3) is 4.16. The van der Waals surface area contributed by atoms with E-state index in [1.807, 2.05) is 53.6 Å². The van der Waals surface area contributed by atoms with Crippen molar-refractivity contribution in [3.8, 4) is 10.9 Å². The Bertz CT molecular complexity index is 1200. The molecule has 0 radical (unpaired) electrons. The Hall–Kier alpha value is -2.90. The lowest BCUT2D eigenvalue weighted by atomic mass is 10.1. The summed E-state index contributed by atoms with van der Waals surface area (Å²) in [6.07, 6.45) is 3.98. The van der Waals surface area contributed by atoms with Crippen molar-refractivity contribution >= 4 is 38.4 Å². The van der Waals surface area contributed by atoms with Gasteiger partial charge >= 0.3 is 0 Å². The fraction of sp³-hybridized carbons (Fsp3) is 0.333. The summed E-state index contributed by atoms with van der Waals surface area (Å²) in [7, 11) is 2.10. The number of ether oxygens (including phenoxy) is 1. The van der Waals surface area contributed by atoms with Crippen LogP contribution < -0.4 is 4.74 Å². The van der Waals surface area contributed by atoms with Crippen LogP contribution >= 0.6 is 11.3 Å². The summed E-state index contributed by atoms with van der Waals surface area (Å²) in [5.74, 6) is 0.884. The number of hydrogen-bond acceptors (Lipinski definition) is 6. The van der Waals surface area contributed by atoms with Crippen LogP contribution in [0.15, 0.2) is 53.1 Å². The predicted molar refractivity (Wildman–Crippen MR) is 123 cm³/mol. The van der Waals surface area contributed by atoms with E-state index in [-0.39, 0.29) is 5.91 Å². The number of rotatable bonds is 6. The number of aromatic nitrogens is 1. The highest BCUT2D eigenvalue weighted by Crippen LogP contribution is 2.33. The fourth-order valence-electron chi connectivity index (χ4n) is 4.40. The molecule has 7 heteroatoms. The second kappa shape index (κ2) is 8.32. The zero-order chi connectivity index (χ0) is 21.4. The summed E-state index contributed by atoms with van der Waals surface area (Å²) in [6.45, 7) is 4.17. The Balaban J connectivity index is 1.28. The molecule has 1 fully saturated rings. The van der Waals surface area contributed by atoms with Crippen molar-refractivity contribution in [2.75, 3.05) is 20.1 Å². The minimum Gasteiger partial charge on any atom is -0.464 e. The molecule has 0 saturated carbocycles. The van der Waals surface area contributed by atoms with Crippen LogP contribution in [0.5, 0.6) is 10.9 Å². The highest BCUT2D eigenvalue weighted by Gasteiger charge is 2.27. The number of thiazole rings is 1. The van der Waals surface area contributed by atoms with E-state index < -0.39 is 0 Å². The van der Waals surface area contributed by atoms with Gasteiger partial charge in [0.1, 0.15) is 11.3 Å². The predicted octanol–water partition coefficient (Wildman–Crippen LogP) is 5.28. The van der Waals surface area contributed by atoms with E-state index >= 15 is 0 Å². The van der Waals surface area contributed by atoms with Gasteiger partial charge in [-0.3, -0.25) is 9.69 Å². The molecular weight excluding hydrogens is 410 g/mol. The molecule has 0 aliphatic carbocycles. The number of carbonyl (C=O) groups is 1. The molecule has 0 bridgehead atoms. The summed E-state index contributed by atoms with van der Waals surface area (Å²) >= 11 is 1.53. The number of amides is 1. The Kier molecular flexibility index (Phi) is 5.38. The third-order valence-corrected chi connectivity index (χ3v) is 6.77. The van der Waals surface area contributed by atoms with Crippen molar-refractivity contribution in [2.45, 2.75) is 32.4 Å². The quantitative estimate of drug-likeness (QED) is 0.413. The number of benzene rings is 2. The monoisotopic (exact) mass is 435 g/mol. The van der Waals surface area contributed by atoms with Gasteiger partial charge in [0, 0.05) is 49.6 Å². The first-order valence-electron chi connectivity index (χ1n) is 10.6. The Labute approximate surface area is 185 Å². The molecule has 3 heterocycles. The van der Waals surface area contributed by atoms with Crippen molar-refractivity contribution in [3.63, 3.8) is 0 Å². The summed E-state index contributed by atoms with van der Waals surface area (Å²) in [5, 5.41) is 1.71. The standard InChI is InChI=1S/C24H25N3O3S/c1-16(28)27-11-5-6-18(27)14-26(2)13-17-15-29-22-12-19(9-10-20(17)22)30-24-25-21-7-3-4-8-23(21)31-24/h3-4,7-10,12,15,18H,5-6,11,13-14H2,1-2H3. The molecule has 1 saturated heterocycles. The number of nitrogens with zero attached hydrogens (tertiary/aromatic N) is 3.